The third kappa shape index (κ3) is 1.03. The van der Waals surface area contributed by atoms with Crippen LogP contribution in [0.15, 0.2) is 42.5 Å². The molecule has 3 heteroatoms. The van der Waals surface area contributed by atoms with Crippen molar-refractivity contribution in [1.29, 1.82) is 0 Å². The number of aryl methyl sites for hydroxylation is 1. The Morgan fingerprint density at radius 3 is 2.78 bits per heavy atom. The fourth-order valence-electron chi connectivity index (χ4n) is 2.56. The predicted octanol–water partition coefficient (Wildman–Crippen LogP) is 3.01. The molecule has 0 atom stereocenters. The molecule has 4 rings (SSSR count). The highest BCUT2D eigenvalue weighted by Crippen LogP contribution is 2.34. The summed E-state index contributed by atoms with van der Waals surface area (Å²) in [4.78, 5) is 17.0. The largest absolute Gasteiger partial charge is 0.268 e. The van der Waals surface area contributed by atoms with Gasteiger partial charge in [0.25, 0.3) is 5.91 Å². The third-order valence-corrected chi connectivity index (χ3v) is 3.41. The van der Waals surface area contributed by atoms with Crippen LogP contribution >= 0.6 is 0 Å². The molecule has 0 fully saturated rings. The van der Waals surface area contributed by atoms with Gasteiger partial charge < -0.3 is 0 Å². The molecule has 1 aliphatic rings. The standard InChI is InChI=1S/C15H10N2O/c1-9-6-7-10-11(8-9)14-16-12-4-2-3-5-13(12)17(14)15(10)18/h2-8H,1H3. The summed E-state index contributed by atoms with van der Waals surface area (Å²) in [5.74, 6) is 0.786. The van der Waals surface area contributed by atoms with Gasteiger partial charge in [-0.25, -0.2) is 4.98 Å². The number of imidazole rings is 1. The first kappa shape index (κ1) is 9.59. The van der Waals surface area contributed by atoms with Crippen molar-refractivity contribution in [2.45, 2.75) is 6.92 Å². The zero-order chi connectivity index (χ0) is 12.3. The minimum atomic E-state index is 0.0219. The van der Waals surface area contributed by atoms with Crippen LogP contribution in [-0.4, -0.2) is 15.5 Å². The second-order valence-corrected chi connectivity index (χ2v) is 4.61. The molecule has 0 saturated heterocycles. The van der Waals surface area contributed by atoms with Crippen LogP contribution in [0.2, 0.25) is 0 Å². The maximum absolute atomic E-state index is 12.4. The zero-order valence-electron chi connectivity index (χ0n) is 9.84. The van der Waals surface area contributed by atoms with Gasteiger partial charge in [-0.2, -0.15) is 0 Å². The van der Waals surface area contributed by atoms with Crippen molar-refractivity contribution < 1.29 is 4.79 Å². The van der Waals surface area contributed by atoms with Crippen molar-refractivity contribution in [2.24, 2.45) is 0 Å². The van der Waals surface area contributed by atoms with E-state index in [-0.39, 0.29) is 5.91 Å². The predicted molar refractivity (Wildman–Crippen MR) is 69.6 cm³/mol. The van der Waals surface area contributed by atoms with Gasteiger partial charge in [0, 0.05) is 5.56 Å². The van der Waals surface area contributed by atoms with E-state index in [1.165, 1.54) is 0 Å². The van der Waals surface area contributed by atoms with Crippen molar-refractivity contribution >= 4 is 16.9 Å². The van der Waals surface area contributed by atoms with E-state index in [4.69, 9.17) is 0 Å². The first-order chi connectivity index (χ1) is 8.75. The van der Waals surface area contributed by atoms with Gasteiger partial charge in [-0.1, -0.05) is 23.8 Å². The van der Waals surface area contributed by atoms with Gasteiger partial charge in [0.15, 0.2) is 0 Å². The van der Waals surface area contributed by atoms with Crippen molar-refractivity contribution in [3.8, 4) is 11.4 Å². The number of aromatic nitrogens is 2. The lowest BCUT2D eigenvalue weighted by molar-refractivity contribution is 0.0973. The first-order valence-corrected chi connectivity index (χ1v) is 5.89. The highest BCUT2D eigenvalue weighted by atomic mass is 16.2. The first-order valence-electron chi connectivity index (χ1n) is 5.89. The van der Waals surface area contributed by atoms with Gasteiger partial charge >= 0.3 is 0 Å². The monoisotopic (exact) mass is 234 g/mol. The van der Waals surface area contributed by atoms with Gasteiger partial charge in [-0.15, -0.1) is 0 Å². The molecule has 2 heterocycles. The molecule has 3 aromatic rings. The molecule has 0 bridgehead atoms. The normalized spacial score (nSPS) is 12.8. The van der Waals surface area contributed by atoms with Crippen LogP contribution in [0.5, 0.6) is 0 Å². The lowest BCUT2D eigenvalue weighted by Crippen LogP contribution is -2.05. The van der Waals surface area contributed by atoms with E-state index >= 15 is 0 Å². The number of carbonyl (C=O) groups is 1. The summed E-state index contributed by atoms with van der Waals surface area (Å²) in [6, 6.07) is 13.6. The van der Waals surface area contributed by atoms with Crippen molar-refractivity contribution in [3.05, 3.63) is 53.6 Å². The van der Waals surface area contributed by atoms with Crippen LogP contribution in [0.4, 0.5) is 0 Å². The van der Waals surface area contributed by atoms with Gasteiger partial charge in [0.1, 0.15) is 5.82 Å². The molecular formula is C15H10N2O. The van der Waals surface area contributed by atoms with E-state index in [2.05, 4.69) is 4.98 Å². The molecule has 1 aromatic heterocycles. The number of benzene rings is 2. The number of hydrogen-bond donors (Lipinski definition) is 0. The fourth-order valence-corrected chi connectivity index (χ4v) is 2.56. The summed E-state index contributed by atoms with van der Waals surface area (Å²) in [7, 11) is 0. The Morgan fingerprint density at radius 1 is 1.06 bits per heavy atom. The SMILES string of the molecule is Cc1ccc2c(c1)-c1nc3ccccc3n1C2=O. The minimum Gasteiger partial charge on any atom is -0.268 e. The highest BCUT2D eigenvalue weighted by molar-refractivity contribution is 6.12. The molecule has 86 valence electrons. The average Bonchev–Trinajstić information content (AvgIpc) is 2.87. The molecule has 0 saturated carbocycles. The van der Waals surface area contributed by atoms with E-state index in [0.717, 1.165) is 33.5 Å². The van der Waals surface area contributed by atoms with E-state index in [0.29, 0.717) is 0 Å². The molecule has 18 heavy (non-hydrogen) atoms. The zero-order valence-corrected chi connectivity index (χ0v) is 9.84. The summed E-state index contributed by atoms with van der Waals surface area (Å²) in [6.07, 6.45) is 0. The number of fused-ring (bicyclic) bond motifs is 5. The smallest absolute Gasteiger partial charge is 0.264 e. The molecule has 0 radical (unpaired) electrons. The van der Waals surface area contributed by atoms with Crippen molar-refractivity contribution in [1.82, 2.24) is 9.55 Å². The van der Waals surface area contributed by atoms with Crippen LogP contribution in [0.25, 0.3) is 22.4 Å². The molecular weight excluding hydrogens is 224 g/mol. The summed E-state index contributed by atoms with van der Waals surface area (Å²) in [5, 5.41) is 0. The quantitative estimate of drug-likeness (QED) is 0.468. The maximum atomic E-state index is 12.4. The molecule has 3 nitrogen and oxygen atoms in total. The summed E-state index contributed by atoms with van der Waals surface area (Å²) in [6.45, 7) is 2.02. The number of nitrogens with zero attached hydrogens (tertiary/aromatic N) is 2. The Labute approximate surface area is 104 Å². The van der Waals surface area contributed by atoms with E-state index in [1.54, 1.807) is 4.57 Å². The Bertz CT molecular complexity index is 814. The van der Waals surface area contributed by atoms with Crippen LogP contribution in [0, 0.1) is 6.92 Å². The van der Waals surface area contributed by atoms with Crippen LogP contribution < -0.4 is 0 Å². The van der Waals surface area contributed by atoms with Gasteiger partial charge in [-0.05, 0) is 31.2 Å². The summed E-state index contributed by atoms with van der Waals surface area (Å²) < 4.78 is 1.71. The fraction of sp³-hybridized carbons (Fsp3) is 0.0667. The Morgan fingerprint density at radius 2 is 1.89 bits per heavy atom. The summed E-state index contributed by atoms with van der Waals surface area (Å²) in [5.41, 5.74) is 4.58. The molecule has 2 aromatic carbocycles. The van der Waals surface area contributed by atoms with Crippen molar-refractivity contribution in [3.63, 3.8) is 0 Å². The maximum Gasteiger partial charge on any atom is 0.264 e. The van der Waals surface area contributed by atoms with Gasteiger partial charge in [0.2, 0.25) is 0 Å². The number of hydrogen-bond acceptors (Lipinski definition) is 2. The average molecular weight is 234 g/mol. The lowest BCUT2D eigenvalue weighted by atomic mass is 10.1. The van der Waals surface area contributed by atoms with E-state index < -0.39 is 0 Å². The second kappa shape index (κ2) is 3.07. The molecule has 0 N–H and O–H groups in total. The van der Waals surface area contributed by atoms with E-state index in [1.807, 2.05) is 49.4 Å². The van der Waals surface area contributed by atoms with Crippen LogP contribution in [-0.2, 0) is 0 Å². The van der Waals surface area contributed by atoms with Crippen LogP contribution in [0.3, 0.4) is 0 Å². The Hall–Kier alpha value is -2.42. The molecule has 0 unspecified atom stereocenters. The number of rotatable bonds is 0. The van der Waals surface area contributed by atoms with Crippen molar-refractivity contribution in [2.75, 3.05) is 0 Å². The summed E-state index contributed by atoms with van der Waals surface area (Å²) >= 11 is 0. The molecule has 1 aliphatic heterocycles. The highest BCUT2D eigenvalue weighted by Gasteiger charge is 2.29. The number of carbonyl (C=O) groups excluding carboxylic acids is 1. The minimum absolute atomic E-state index is 0.0219. The van der Waals surface area contributed by atoms with Crippen LogP contribution in [0.1, 0.15) is 15.9 Å². The Kier molecular flexibility index (Phi) is 1.64. The molecule has 0 aliphatic carbocycles. The lowest BCUT2D eigenvalue weighted by Gasteiger charge is -1.98. The third-order valence-electron chi connectivity index (χ3n) is 3.41. The Balaban J connectivity index is 2.16. The van der Waals surface area contributed by atoms with Gasteiger partial charge in [0.05, 0.1) is 16.6 Å². The van der Waals surface area contributed by atoms with Gasteiger partial charge in [-0.3, -0.25) is 9.36 Å². The molecule has 0 spiro atoms. The molecule has 0 amide bonds. The number of para-hydroxylation sites is 2. The topological polar surface area (TPSA) is 34.9 Å². The second-order valence-electron chi connectivity index (χ2n) is 4.61. The van der Waals surface area contributed by atoms with E-state index in [9.17, 15) is 4.79 Å².